The molecule has 0 atom stereocenters. The van der Waals surface area contributed by atoms with Gasteiger partial charge in [-0.3, -0.25) is 14.4 Å². The Kier molecular flexibility index (Phi) is 5.60. The zero-order valence-electron chi connectivity index (χ0n) is 17.2. The molecule has 1 saturated heterocycles. The van der Waals surface area contributed by atoms with Crippen LogP contribution >= 0.6 is 11.8 Å². The van der Waals surface area contributed by atoms with Crippen molar-refractivity contribution in [3.8, 4) is 0 Å². The standard InChI is InChI=1S/C22H25N3O4S/c1-22(2)14-19(26)25(16-6-3-4-8-18(16)30-22)15-20(27)23-9-11-24(12-10-23)21(28)17-7-5-13-29-17/h3-8,13H,9-12,14-15H2,1-2H3. The summed E-state index contributed by atoms with van der Waals surface area (Å²) in [5.74, 6) is -0.00460. The van der Waals surface area contributed by atoms with E-state index >= 15 is 0 Å². The third-order valence-corrected chi connectivity index (χ3v) is 6.63. The van der Waals surface area contributed by atoms with E-state index in [0.717, 1.165) is 10.6 Å². The second kappa shape index (κ2) is 8.18. The molecule has 1 fully saturated rings. The maximum Gasteiger partial charge on any atom is 0.289 e. The van der Waals surface area contributed by atoms with E-state index in [9.17, 15) is 14.4 Å². The van der Waals surface area contributed by atoms with E-state index in [1.54, 1.807) is 38.6 Å². The molecule has 0 spiro atoms. The number of thioether (sulfide) groups is 1. The van der Waals surface area contributed by atoms with Crippen LogP contribution in [0.25, 0.3) is 0 Å². The summed E-state index contributed by atoms with van der Waals surface area (Å²) in [4.78, 5) is 44.4. The highest BCUT2D eigenvalue weighted by Crippen LogP contribution is 2.43. The number of hydrogen-bond donors (Lipinski definition) is 0. The first-order chi connectivity index (χ1) is 14.3. The minimum atomic E-state index is -0.233. The molecule has 158 valence electrons. The summed E-state index contributed by atoms with van der Waals surface area (Å²) in [6.45, 7) is 5.88. The number of piperazine rings is 1. The second-order valence-electron chi connectivity index (χ2n) is 8.14. The number of nitrogens with zero attached hydrogens (tertiary/aromatic N) is 3. The molecule has 1 aromatic heterocycles. The number of benzene rings is 1. The van der Waals surface area contributed by atoms with Gasteiger partial charge in [0.1, 0.15) is 6.54 Å². The number of carbonyl (C=O) groups is 3. The fourth-order valence-electron chi connectivity index (χ4n) is 3.82. The Morgan fingerprint density at radius 1 is 1.03 bits per heavy atom. The third-order valence-electron chi connectivity index (χ3n) is 5.37. The van der Waals surface area contributed by atoms with Crippen molar-refractivity contribution in [1.82, 2.24) is 9.80 Å². The highest BCUT2D eigenvalue weighted by molar-refractivity contribution is 8.00. The van der Waals surface area contributed by atoms with Gasteiger partial charge in [0.15, 0.2) is 5.76 Å². The van der Waals surface area contributed by atoms with Gasteiger partial charge in [-0.25, -0.2) is 0 Å². The van der Waals surface area contributed by atoms with Crippen LogP contribution in [0.1, 0.15) is 30.8 Å². The van der Waals surface area contributed by atoms with E-state index in [4.69, 9.17) is 4.42 Å². The lowest BCUT2D eigenvalue weighted by Crippen LogP contribution is -2.53. The molecule has 4 rings (SSSR count). The first-order valence-corrected chi connectivity index (χ1v) is 10.8. The highest BCUT2D eigenvalue weighted by atomic mass is 32.2. The minimum Gasteiger partial charge on any atom is -0.459 e. The Hall–Kier alpha value is -2.74. The van der Waals surface area contributed by atoms with Crippen molar-refractivity contribution < 1.29 is 18.8 Å². The van der Waals surface area contributed by atoms with Gasteiger partial charge >= 0.3 is 0 Å². The van der Waals surface area contributed by atoms with Crippen molar-refractivity contribution in [2.75, 3.05) is 37.6 Å². The first-order valence-electron chi connectivity index (χ1n) is 10.0. The molecule has 0 radical (unpaired) electrons. The molecule has 0 saturated carbocycles. The summed E-state index contributed by atoms with van der Waals surface area (Å²) in [6, 6.07) is 11.1. The van der Waals surface area contributed by atoms with Crippen LogP contribution in [-0.4, -0.2) is 65.0 Å². The average Bonchev–Trinajstić information content (AvgIpc) is 3.23. The van der Waals surface area contributed by atoms with Crippen LogP contribution in [0.5, 0.6) is 0 Å². The Bertz CT molecular complexity index is 949. The van der Waals surface area contributed by atoms with E-state index in [0.29, 0.717) is 38.4 Å². The Morgan fingerprint density at radius 2 is 1.73 bits per heavy atom. The number of furan rings is 1. The monoisotopic (exact) mass is 427 g/mol. The molecular weight excluding hydrogens is 402 g/mol. The van der Waals surface area contributed by atoms with Crippen LogP contribution in [0.2, 0.25) is 0 Å². The highest BCUT2D eigenvalue weighted by Gasteiger charge is 2.35. The minimum absolute atomic E-state index is 0.0125. The Balaban J connectivity index is 1.43. The molecule has 0 aliphatic carbocycles. The maximum absolute atomic E-state index is 13.0. The number of fused-ring (bicyclic) bond motifs is 1. The maximum atomic E-state index is 13.0. The van der Waals surface area contributed by atoms with Crippen molar-refractivity contribution >= 4 is 35.2 Å². The van der Waals surface area contributed by atoms with Crippen molar-refractivity contribution in [1.29, 1.82) is 0 Å². The van der Waals surface area contributed by atoms with Crippen LogP contribution in [0.15, 0.2) is 52.0 Å². The molecular formula is C22H25N3O4S. The second-order valence-corrected chi connectivity index (χ2v) is 9.89. The normalized spacial score (nSPS) is 18.7. The predicted molar refractivity (Wildman–Crippen MR) is 115 cm³/mol. The molecule has 2 aliphatic heterocycles. The number of carbonyl (C=O) groups excluding carboxylic acids is 3. The van der Waals surface area contributed by atoms with Crippen LogP contribution in [-0.2, 0) is 9.59 Å². The van der Waals surface area contributed by atoms with E-state index < -0.39 is 0 Å². The number of rotatable bonds is 3. The molecule has 1 aromatic carbocycles. The molecule has 0 bridgehead atoms. The zero-order valence-corrected chi connectivity index (χ0v) is 18.0. The lowest BCUT2D eigenvalue weighted by Gasteiger charge is -2.35. The SMILES string of the molecule is CC1(C)CC(=O)N(CC(=O)N2CCN(C(=O)c3ccco3)CC2)c2ccccc2S1. The van der Waals surface area contributed by atoms with Gasteiger partial charge < -0.3 is 19.1 Å². The molecule has 7 nitrogen and oxygen atoms in total. The first kappa shape index (κ1) is 20.5. The lowest BCUT2D eigenvalue weighted by atomic mass is 10.1. The van der Waals surface area contributed by atoms with Crippen LogP contribution in [0.3, 0.4) is 0 Å². The van der Waals surface area contributed by atoms with E-state index in [1.807, 2.05) is 38.1 Å². The Labute approximate surface area is 180 Å². The molecule has 2 aliphatic rings. The van der Waals surface area contributed by atoms with Gasteiger partial charge in [-0.1, -0.05) is 12.1 Å². The van der Waals surface area contributed by atoms with Gasteiger partial charge in [0.25, 0.3) is 5.91 Å². The molecule has 2 aromatic rings. The summed E-state index contributed by atoms with van der Waals surface area (Å²) in [6.07, 6.45) is 1.84. The van der Waals surface area contributed by atoms with E-state index in [2.05, 4.69) is 0 Å². The molecule has 0 unspecified atom stereocenters. The fraction of sp³-hybridized carbons (Fsp3) is 0.409. The summed E-state index contributed by atoms with van der Waals surface area (Å²) in [5, 5.41) is 0. The van der Waals surface area contributed by atoms with Crippen LogP contribution in [0, 0.1) is 0 Å². The number of anilines is 1. The largest absolute Gasteiger partial charge is 0.459 e. The summed E-state index contributed by atoms with van der Waals surface area (Å²) in [5.41, 5.74) is 0.790. The van der Waals surface area contributed by atoms with Gasteiger partial charge in [-0.2, -0.15) is 0 Å². The van der Waals surface area contributed by atoms with Gasteiger partial charge in [-0.05, 0) is 38.1 Å². The van der Waals surface area contributed by atoms with Crippen LogP contribution in [0.4, 0.5) is 5.69 Å². The quantitative estimate of drug-likeness (QED) is 0.753. The Morgan fingerprint density at radius 3 is 2.43 bits per heavy atom. The number of para-hydroxylation sites is 1. The molecule has 3 amide bonds. The molecule has 30 heavy (non-hydrogen) atoms. The smallest absolute Gasteiger partial charge is 0.289 e. The number of amides is 3. The van der Waals surface area contributed by atoms with E-state index in [-0.39, 0.29) is 29.0 Å². The van der Waals surface area contributed by atoms with Crippen molar-refractivity contribution in [3.05, 3.63) is 48.4 Å². The van der Waals surface area contributed by atoms with Crippen LogP contribution < -0.4 is 4.90 Å². The van der Waals surface area contributed by atoms with Gasteiger partial charge in [0.05, 0.1) is 12.0 Å². The van der Waals surface area contributed by atoms with Gasteiger partial charge in [0.2, 0.25) is 11.8 Å². The van der Waals surface area contributed by atoms with Gasteiger partial charge in [0, 0.05) is 42.2 Å². The third kappa shape index (κ3) is 4.23. The summed E-state index contributed by atoms with van der Waals surface area (Å²) in [7, 11) is 0. The van der Waals surface area contributed by atoms with Gasteiger partial charge in [-0.15, -0.1) is 11.8 Å². The molecule has 0 N–H and O–H groups in total. The van der Waals surface area contributed by atoms with Crippen molar-refractivity contribution in [2.45, 2.75) is 29.9 Å². The lowest BCUT2D eigenvalue weighted by molar-refractivity contribution is -0.132. The fourth-order valence-corrected chi connectivity index (χ4v) is 5.04. The average molecular weight is 428 g/mol. The topological polar surface area (TPSA) is 74.1 Å². The summed E-state index contributed by atoms with van der Waals surface area (Å²) < 4.78 is 4.95. The zero-order chi connectivity index (χ0) is 21.3. The van der Waals surface area contributed by atoms with Crippen molar-refractivity contribution in [2.24, 2.45) is 0 Å². The van der Waals surface area contributed by atoms with Crippen molar-refractivity contribution in [3.63, 3.8) is 0 Å². The van der Waals surface area contributed by atoms with E-state index in [1.165, 1.54) is 6.26 Å². The summed E-state index contributed by atoms with van der Waals surface area (Å²) >= 11 is 1.67. The number of hydrogen-bond acceptors (Lipinski definition) is 5. The molecule has 3 heterocycles. The molecule has 8 heteroatoms. The predicted octanol–water partition coefficient (Wildman–Crippen LogP) is 2.87.